The molecule has 1 aromatic carbocycles. The molecule has 0 N–H and O–H groups in total. The van der Waals surface area contributed by atoms with E-state index in [9.17, 15) is 9.59 Å². The fourth-order valence-electron chi connectivity index (χ4n) is 3.24. The Hall–Kier alpha value is -3.48. The van der Waals surface area contributed by atoms with E-state index in [2.05, 4.69) is 9.97 Å². The number of likely N-dealkylation sites (N-methyl/N-ethyl adjacent to an activating group) is 1. The zero-order valence-electron chi connectivity index (χ0n) is 15.7. The first kappa shape index (κ1) is 17.9. The van der Waals surface area contributed by atoms with Crippen LogP contribution in [-0.2, 0) is 4.79 Å². The molecule has 0 unspecified atom stereocenters. The van der Waals surface area contributed by atoms with Crippen LogP contribution >= 0.6 is 0 Å². The summed E-state index contributed by atoms with van der Waals surface area (Å²) in [5.74, 6) is 1.23. The number of carbonyl (C=O) groups is 2. The summed E-state index contributed by atoms with van der Waals surface area (Å²) in [7, 11) is 1.76. The lowest BCUT2D eigenvalue weighted by molar-refractivity contribution is -0.129. The summed E-state index contributed by atoms with van der Waals surface area (Å²) in [6.07, 6.45) is 3.76. The second kappa shape index (κ2) is 7.64. The first-order chi connectivity index (χ1) is 13.6. The number of benzene rings is 1. The Kier molecular flexibility index (Phi) is 4.89. The van der Waals surface area contributed by atoms with E-state index in [-0.39, 0.29) is 11.8 Å². The number of imidazole rings is 1. The quantitative estimate of drug-likeness (QED) is 0.704. The molecule has 3 aromatic rings. The molecule has 1 aliphatic heterocycles. The standard InChI is InChI=1S/C21H21N5O2/c1-24-13-14-25(12-10-19(24)27)21(28)17-15-26(18-9-5-6-11-22-18)20(23-17)16-7-3-2-4-8-16/h2-9,11,15H,10,12-14H2,1H3. The number of nitrogens with zero attached hydrogens (tertiary/aromatic N) is 5. The number of amides is 2. The molecule has 7 heteroatoms. The minimum Gasteiger partial charge on any atom is -0.344 e. The second-order valence-electron chi connectivity index (χ2n) is 6.73. The number of hydrogen-bond donors (Lipinski definition) is 0. The number of aromatic nitrogens is 3. The summed E-state index contributed by atoms with van der Waals surface area (Å²) >= 11 is 0. The molecule has 0 saturated carbocycles. The van der Waals surface area contributed by atoms with E-state index in [1.54, 1.807) is 29.2 Å². The van der Waals surface area contributed by atoms with Crippen molar-refractivity contribution in [3.63, 3.8) is 0 Å². The molecule has 4 rings (SSSR count). The molecule has 7 nitrogen and oxygen atoms in total. The first-order valence-corrected chi connectivity index (χ1v) is 9.23. The van der Waals surface area contributed by atoms with Gasteiger partial charge in [0.05, 0.1) is 0 Å². The number of pyridine rings is 1. The maximum atomic E-state index is 13.1. The molecule has 2 amide bonds. The highest BCUT2D eigenvalue weighted by molar-refractivity contribution is 5.93. The van der Waals surface area contributed by atoms with Crippen molar-refractivity contribution in [2.75, 3.05) is 26.7 Å². The average molecular weight is 375 g/mol. The van der Waals surface area contributed by atoms with Crippen molar-refractivity contribution in [3.05, 3.63) is 66.6 Å². The highest BCUT2D eigenvalue weighted by atomic mass is 16.2. The minimum atomic E-state index is -0.171. The Labute approximate surface area is 163 Å². The molecule has 3 heterocycles. The molecule has 1 saturated heterocycles. The maximum Gasteiger partial charge on any atom is 0.274 e. The van der Waals surface area contributed by atoms with Crippen molar-refractivity contribution in [1.29, 1.82) is 0 Å². The molecule has 0 bridgehead atoms. The Morgan fingerprint density at radius 3 is 2.54 bits per heavy atom. The van der Waals surface area contributed by atoms with Crippen LogP contribution in [0.4, 0.5) is 0 Å². The van der Waals surface area contributed by atoms with Gasteiger partial charge in [0.25, 0.3) is 5.91 Å². The van der Waals surface area contributed by atoms with Gasteiger partial charge in [0.1, 0.15) is 17.3 Å². The highest BCUT2D eigenvalue weighted by Crippen LogP contribution is 2.23. The van der Waals surface area contributed by atoms with Gasteiger partial charge in [0, 0.05) is 51.1 Å². The van der Waals surface area contributed by atoms with Crippen LogP contribution in [0.3, 0.4) is 0 Å². The predicted molar refractivity (Wildman–Crippen MR) is 105 cm³/mol. The molecular weight excluding hydrogens is 354 g/mol. The predicted octanol–water partition coefficient (Wildman–Crippen LogP) is 2.24. The second-order valence-corrected chi connectivity index (χ2v) is 6.73. The SMILES string of the molecule is CN1CCN(C(=O)c2cn(-c3ccccn3)c(-c3ccccc3)n2)CCC1=O. The van der Waals surface area contributed by atoms with Crippen molar-refractivity contribution >= 4 is 11.8 Å². The van der Waals surface area contributed by atoms with Gasteiger partial charge >= 0.3 is 0 Å². The third-order valence-corrected chi connectivity index (χ3v) is 4.87. The minimum absolute atomic E-state index is 0.0549. The summed E-state index contributed by atoms with van der Waals surface area (Å²) in [5.41, 5.74) is 1.25. The van der Waals surface area contributed by atoms with Crippen molar-refractivity contribution in [1.82, 2.24) is 24.3 Å². The number of carbonyl (C=O) groups excluding carboxylic acids is 2. The molecule has 0 atom stereocenters. The zero-order chi connectivity index (χ0) is 19.5. The zero-order valence-corrected chi connectivity index (χ0v) is 15.7. The molecule has 2 aromatic heterocycles. The van der Waals surface area contributed by atoms with Gasteiger partial charge in [-0.3, -0.25) is 14.2 Å². The van der Waals surface area contributed by atoms with E-state index in [0.29, 0.717) is 43.4 Å². The Morgan fingerprint density at radius 2 is 1.79 bits per heavy atom. The molecular formula is C21H21N5O2. The lowest BCUT2D eigenvalue weighted by Crippen LogP contribution is -2.34. The van der Waals surface area contributed by atoms with Crippen molar-refractivity contribution in [2.45, 2.75) is 6.42 Å². The summed E-state index contributed by atoms with van der Waals surface area (Å²) in [6.45, 7) is 1.42. The maximum absolute atomic E-state index is 13.1. The summed E-state index contributed by atoms with van der Waals surface area (Å²) in [5, 5.41) is 0. The van der Waals surface area contributed by atoms with Crippen LogP contribution in [0.1, 0.15) is 16.9 Å². The van der Waals surface area contributed by atoms with Gasteiger partial charge in [0.2, 0.25) is 5.91 Å². The van der Waals surface area contributed by atoms with Crippen LogP contribution in [0.5, 0.6) is 0 Å². The Balaban J connectivity index is 1.71. The molecule has 1 fully saturated rings. The normalized spacial score (nSPS) is 14.8. The first-order valence-electron chi connectivity index (χ1n) is 9.23. The van der Waals surface area contributed by atoms with Crippen LogP contribution in [0.15, 0.2) is 60.9 Å². The highest BCUT2D eigenvalue weighted by Gasteiger charge is 2.25. The lowest BCUT2D eigenvalue weighted by Gasteiger charge is -2.19. The summed E-state index contributed by atoms with van der Waals surface area (Å²) in [4.78, 5) is 37.4. The van der Waals surface area contributed by atoms with Crippen LogP contribution < -0.4 is 0 Å². The monoisotopic (exact) mass is 375 g/mol. The van der Waals surface area contributed by atoms with Gasteiger partial charge in [-0.25, -0.2) is 9.97 Å². The molecule has 28 heavy (non-hydrogen) atoms. The van der Waals surface area contributed by atoms with E-state index in [1.165, 1.54) is 0 Å². The third-order valence-electron chi connectivity index (χ3n) is 4.87. The van der Waals surface area contributed by atoms with E-state index in [1.807, 2.05) is 53.1 Å². The summed E-state index contributed by atoms with van der Waals surface area (Å²) < 4.78 is 1.83. The van der Waals surface area contributed by atoms with Crippen molar-refractivity contribution in [3.8, 4) is 17.2 Å². The van der Waals surface area contributed by atoms with Crippen LogP contribution in [0.25, 0.3) is 17.2 Å². The van der Waals surface area contributed by atoms with Gasteiger partial charge in [-0.2, -0.15) is 0 Å². The van der Waals surface area contributed by atoms with E-state index in [0.717, 1.165) is 5.56 Å². The van der Waals surface area contributed by atoms with Crippen molar-refractivity contribution < 1.29 is 9.59 Å². The largest absolute Gasteiger partial charge is 0.344 e. The topological polar surface area (TPSA) is 71.3 Å². The van der Waals surface area contributed by atoms with Gasteiger partial charge in [0.15, 0.2) is 0 Å². The van der Waals surface area contributed by atoms with E-state index < -0.39 is 0 Å². The molecule has 142 valence electrons. The number of hydrogen-bond acceptors (Lipinski definition) is 4. The van der Waals surface area contributed by atoms with E-state index in [4.69, 9.17) is 0 Å². The van der Waals surface area contributed by atoms with Crippen LogP contribution in [0, 0.1) is 0 Å². The van der Waals surface area contributed by atoms with Crippen molar-refractivity contribution in [2.24, 2.45) is 0 Å². The molecule has 1 aliphatic rings. The van der Waals surface area contributed by atoms with E-state index >= 15 is 0 Å². The van der Waals surface area contributed by atoms with Gasteiger partial charge in [-0.15, -0.1) is 0 Å². The van der Waals surface area contributed by atoms with Crippen LogP contribution in [0.2, 0.25) is 0 Å². The number of rotatable bonds is 3. The smallest absolute Gasteiger partial charge is 0.274 e. The average Bonchev–Trinajstić information content (AvgIpc) is 3.12. The molecule has 0 radical (unpaired) electrons. The molecule has 0 aliphatic carbocycles. The molecule has 0 spiro atoms. The fraction of sp³-hybridized carbons (Fsp3) is 0.238. The summed E-state index contributed by atoms with van der Waals surface area (Å²) in [6, 6.07) is 15.3. The van der Waals surface area contributed by atoms with Gasteiger partial charge in [-0.1, -0.05) is 36.4 Å². The fourth-order valence-corrected chi connectivity index (χ4v) is 3.24. The van der Waals surface area contributed by atoms with Crippen LogP contribution in [-0.4, -0.2) is 62.8 Å². The van der Waals surface area contributed by atoms with Gasteiger partial charge in [-0.05, 0) is 12.1 Å². The Bertz CT molecular complexity index is 928. The van der Waals surface area contributed by atoms with Gasteiger partial charge < -0.3 is 9.80 Å². The third kappa shape index (κ3) is 3.51. The Morgan fingerprint density at radius 1 is 1.00 bits per heavy atom. The lowest BCUT2D eigenvalue weighted by atomic mass is 10.2.